The van der Waals surface area contributed by atoms with Crippen LogP contribution in [0.5, 0.6) is 11.5 Å². The van der Waals surface area contributed by atoms with Gasteiger partial charge in [0.1, 0.15) is 6.61 Å². The minimum Gasteiger partial charge on any atom is -0.493 e. The topological polar surface area (TPSA) is 121 Å². The third-order valence-electron chi connectivity index (χ3n) is 3.17. The molecule has 2 rings (SSSR count). The third-order valence-corrected chi connectivity index (χ3v) is 3.17. The Bertz CT molecular complexity index is 820. The fraction of sp³-hybridized carbons (Fsp3) is 0.111. The van der Waals surface area contributed by atoms with Gasteiger partial charge in [-0.3, -0.25) is 0 Å². The van der Waals surface area contributed by atoms with Crippen molar-refractivity contribution in [3.8, 4) is 17.8 Å². The molecule has 7 nitrogen and oxygen atoms in total. The molecule has 0 radical (unpaired) electrons. The Hall–Kier alpha value is -3.66. The number of carbonyl (C=O) groups excluding carboxylic acids is 1. The lowest BCUT2D eigenvalue weighted by Crippen LogP contribution is -2.02. The van der Waals surface area contributed by atoms with Gasteiger partial charge in [0.2, 0.25) is 0 Å². The normalized spacial score (nSPS) is 10.2. The first-order valence-corrected chi connectivity index (χ1v) is 7.25. The predicted molar refractivity (Wildman–Crippen MR) is 93.3 cm³/mol. The van der Waals surface area contributed by atoms with Crippen LogP contribution in [-0.4, -0.2) is 13.1 Å². The molecule has 0 atom stereocenters. The molecule has 0 amide bonds. The molecule has 0 unspecified atom stereocenters. The van der Waals surface area contributed by atoms with Crippen molar-refractivity contribution in [2.24, 2.45) is 0 Å². The Balaban J connectivity index is 1.99. The lowest BCUT2D eigenvalue weighted by molar-refractivity contribution is -0.138. The number of nitriles is 1. The van der Waals surface area contributed by atoms with E-state index in [0.29, 0.717) is 34.0 Å². The first-order valence-electron chi connectivity index (χ1n) is 7.25. The Morgan fingerprint density at radius 1 is 1.16 bits per heavy atom. The third kappa shape index (κ3) is 5.18. The van der Waals surface area contributed by atoms with E-state index in [0.717, 1.165) is 0 Å². The van der Waals surface area contributed by atoms with E-state index in [-0.39, 0.29) is 6.61 Å². The second-order valence-electron chi connectivity index (χ2n) is 5.05. The summed E-state index contributed by atoms with van der Waals surface area (Å²) in [6.45, 7) is 0.0662. The van der Waals surface area contributed by atoms with Gasteiger partial charge in [-0.2, -0.15) is 0 Å². The van der Waals surface area contributed by atoms with Crippen LogP contribution in [0.4, 0.5) is 11.4 Å². The number of nitrogens with two attached hydrogens (primary N) is 2. The molecule has 0 aliphatic heterocycles. The summed E-state index contributed by atoms with van der Waals surface area (Å²) >= 11 is 0. The van der Waals surface area contributed by atoms with Gasteiger partial charge in [0.15, 0.2) is 11.5 Å². The summed E-state index contributed by atoms with van der Waals surface area (Å²) in [5.74, 6) is 0.161. The number of nitrogen functional groups attached to an aromatic ring is 2. The van der Waals surface area contributed by atoms with Crippen LogP contribution in [-0.2, 0) is 16.1 Å². The highest BCUT2D eigenvalue weighted by molar-refractivity contribution is 5.87. The molecular weight excluding hydrogens is 322 g/mol. The molecule has 25 heavy (non-hydrogen) atoms. The van der Waals surface area contributed by atoms with E-state index in [2.05, 4.69) is 0 Å². The second-order valence-corrected chi connectivity index (χ2v) is 5.05. The minimum absolute atomic E-state index is 0.0662. The molecule has 128 valence electrons. The van der Waals surface area contributed by atoms with Gasteiger partial charge in [0.05, 0.1) is 7.11 Å². The standard InChI is InChI=1S/C18H17N3O4/c1-23-17-8-12(2-4-16(17)25-11-19)3-5-18(22)24-10-13-6-14(20)9-15(21)7-13/h2-9H,10,20-21H2,1H3/b5-3+. The molecule has 0 heterocycles. The number of carbonyl (C=O) groups is 1. The van der Waals surface area contributed by atoms with E-state index in [9.17, 15) is 4.79 Å². The van der Waals surface area contributed by atoms with Crippen LogP contribution in [0.3, 0.4) is 0 Å². The van der Waals surface area contributed by atoms with Crippen molar-refractivity contribution in [2.45, 2.75) is 6.61 Å². The number of rotatable bonds is 6. The summed E-state index contributed by atoms with van der Waals surface area (Å²) in [4.78, 5) is 11.8. The van der Waals surface area contributed by atoms with Gasteiger partial charge in [-0.15, -0.1) is 5.26 Å². The van der Waals surface area contributed by atoms with E-state index < -0.39 is 5.97 Å². The van der Waals surface area contributed by atoms with E-state index in [1.807, 2.05) is 0 Å². The maximum Gasteiger partial charge on any atom is 0.331 e. The molecule has 0 spiro atoms. The number of esters is 1. The van der Waals surface area contributed by atoms with Crippen molar-refractivity contribution in [1.29, 1.82) is 5.26 Å². The number of benzene rings is 2. The van der Waals surface area contributed by atoms with Crippen molar-refractivity contribution in [3.05, 3.63) is 53.6 Å². The van der Waals surface area contributed by atoms with Crippen LogP contribution in [0.1, 0.15) is 11.1 Å². The van der Waals surface area contributed by atoms with Crippen molar-refractivity contribution < 1.29 is 19.0 Å². The summed E-state index contributed by atoms with van der Waals surface area (Å²) in [7, 11) is 1.46. The summed E-state index contributed by atoms with van der Waals surface area (Å²) < 4.78 is 15.0. The lowest BCUT2D eigenvalue weighted by Gasteiger charge is -2.06. The van der Waals surface area contributed by atoms with Crippen molar-refractivity contribution >= 4 is 23.4 Å². The fourth-order valence-electron chi connectivity index (χ4n) is 2.12. The Morgan fingerprint density at radius 3 is 2.52 bits per heavy atom. The largest absolute Gasteiger partial charge is 0.493 e. The molecule has 0 saturated heterocycles. The molecule has 0 fully saturated rings. The highest BCUT2D eigenvalue weighted by Crippen LogP contribution is 2.28. The lowest BCUT2D eigenvalue weighted by atomic mass is 10.2. The predicted octanol–water partition coefficient (Wildman–Crippen LogP) is 2.48. The number of nitrogens with zero attached hydrogens (tertiary/aromatic N) is 1. The van der Waals surface area contributed by atoms with Crippen LogP contribution in [0.2, 0.25) is 0 Å². The van der Waals surface area contributed by atoms with E-state index >= 15 is 0 Å². The van der Waals surface area contributed by atoms with E-state index in [1.54, 1.807) is 48.7 Å². The van der Waals surface area contributed by atoms with Gasteiger partial charge in [-0.25, -0.2) is 4.79 Å². The summed E-state index contributed by atoms with van der Waals surface area (Å²) in [6.07, 6.45) is 4.43. The van der Waals surface area contributed by atoms with Crippen LogP contribution >= 0.6 is 0 Å². The summed E-state index contributed by atoms with van der Waals surface area (Å²) in [5.41, 5.74) is 13.8. The molecule has 2 aromatic carbocycles. The van der Waals surface area contributed by atoms with Gasteiger partial charge >= 0.3 is 5.97 Å². The van der Waals surface area contributed by atoms with Crippen LogP contribution in [0.15, 0.2) is 42.5 Å². The summed E-state index contributed by atoms with van der Waals surface area (Å²) in [5, 5.41) is 8.55. The SMILES string of the molecule is COc1cc(/C=C/C(=O)OCc2cc(N)cc(N)c2)ccc1OC#N. The maximum absolute atomic E-state index is 11.8. The Morgan fingerprint density at radius 2 is 1.88 bits per heavy atom. The second kappa shape index (κ2) is 8.26. The number of hydrogen-bond donors (Lipinski definition) is 2. The number of methoxy groups -OCH3 is 1. The molecule has 4 N–H and O–H groups in total. The van der Waals surface area contributed by atoms with Gasteiger partial charge in [-0.05, 0) is 47.5 Å². The van der Waals surface area contributed by atoms with E-state index in [1.165, 1.54) is 13.2 Å². The van der Waals surface area contributed by atoms with Crippen LogP contribution in [0.25, 0.3) is 6.08 Å². The average Bonchev–Trinajstić information content (AvgIpc) is 2.58. The van der Waals surface area contributed by atoms with Crippen molar-refractivity contribution in [3.63, 3.8) is 0 Å². The maximum atomic E-state index is 11.8. The molecule has 7 heteroatoms. The van der Waals surface area contributed by atoms with Gasteiger partial charge in [0, 0.05) is 17.5 Å². The van der Waals surface area contributed by atoms with Crippen molar-refractivity contribution in [2.75, 3.05) is 18.6 Å². The number of ether oxygens (including phenoxy) is 3. The van der Waals surface area contributed by atoms with Gasteiger partial charge < -0.3 is 25.7 Å². The monoisotopic (exact) mass is 339 g/mol. The average molecular weight is 339 g/mol. The van der Waals surface area contributed by atoms with Gasteiger partial charge in [-0.1, -0.05) is 6.07 Å². The Kier molecular flexibility index (Phi) is 5.85. The quantitative estimate of drug-likeness (QED) is 0.359. The fourth-order valence-corrected chi connectivity index (χ4v) is 2.12. The van der Waals surface area contributed by atoms with Crippen molar-refractivity contribution in [1.82, 2.24) is 0 Å². The number of anilines is 2. The first kappa shape index (κ1) is 17.7. The molecule has 0 aromatic heterocycles. The molecular formula is C18H17N3O4. The van der Waals surface area contributed by atoms with Crippen LogP contribution < -0.4 is 20.9 Å². The highest BCUT2D eigenvalue weighted by Gasteiger charge is 2.05. The summed E-state index contributed by atoms with van der Waals surface area (Å²) in [6, 6.07) is 9.88. The molecule has 0 bridgehead atoms. The van der Waals surface area contributed by atoms with E-state index in [4.69, 9.17) is 30.9 Å². The zero-order chi connectivity index (χ0) is 18.2. The van der Waals surface area contributed by atoms with Gasteiger partial charge in [0.25, 0.3) is 6.26 Å². The first-order chi connectivity index (χ1) is 12.0. The molecule has 0 saturated carbocycles. The zero-order valence-electron chi connectivity index (χ0n) is 13.6. The highest BCUT2D eigenvalue weighted by atomic mass is 16.5. The molecule has 0 aliphatic carbocycles. The van der Waals surface area contributed by atoms with Crippen LogP contribution in [0, 0.1) is 11.5 Å². The Labute approximate surface area is 145 Å². The zero-order valence-corrected chi connectivity index (χ0v) is 13.6. The molecule has 2 aromatic rings. The smallest absolute Gasteiger partial charge is 0.331 e. The number of hydrogen-bond acceptors (Lipinski definition) is 7. The molecule has 0 aliphatic rings. The minimum atomic E-state index is -0.516.